The summed E-state index contributed by atoms with van der Waals surface area (Å²) in [6, 6.07) is 6.80. The summed E-state index contributed by atoms with van der Waals surface area (Å²) in [6.45, 7) is 1.98. The minimum atomic E-state index is -0.642. The lowest BCUT2D eigenvalue weighted by Gasteiger charge is -2.39. The molecule has 1 heterocycles. The Bertz CT molecular complexity index is 375. The predicted octanol–water partition coefficient (Wildman–Crippen LogP) is 1.38. The highest BCUT2D eigenvalue weighted by molar-refractivity contribution is 5.48. The maximum absolute atomic E-state index is 13.6. The number of anilines is 1. The van der Waals surface area contributed by atoms with Gasteiger partial charge in [0.1, 0.15) is 5.82 Å². The number of benzene rings is 1. The second-order valence-corrected chi connectivity index (χ2v) is 4.69. The van der Waals surface area contributed by atoms with E-state index in [1.165, 1.54) is 6.07 Å². The molecule has 0 saturated carbocycles. The number of nitrogens with one attached hydrogen (secondary N) is 1. The molecule has 17 heavy (non-hydrogen) atoms. The molecule has 0 bridgehead atoms. The maximum atomic E-state index is 13.6. The van der Waals surface area contributed by atoms with Crippen LogP contribution in [0.3, 0.4) is 0 Å². The smallest absolute Gasteiger partial charge is 0.146 e. The van der Waals surface area contributed by atoms with Crippen molar-refractivity contribution >= 4 is 5.69 Å². The van der Waals surface area contributed by atoms with Crippen molar-refractivity contribution in [1.82, 2.24) is 5.32 Å². The van der Waals surface area contributed by atoms with E-state index in [1.54, 1.807) is 12.1 Å². The molecule has 1 aliphatic heterocycles. The topological polar surface area (TPSA) is 35.5 Å². The van der Waals surface area contributed by atoms with Gasteiger partial charge in [0.15, 0.2) is 0 Å². The second-order valence-electron chi connectivity index (χ2n) is 4.69. The van der Waals surface area contributed by atoms with Crippen molar-refractivity contribution in [2.45, 2.75) is 18.4 Å². The number of likely N-dealkylation sites (N-methyl/N-ethyl adjacent to an activating group) is 1. The third kappa shape index (κ3) is 2.76. The van der Waals surface area contributed by atoms with Gasteiger partial charge in [-0.25, -0.2) is 4.39 Å². The first-order chi connectivity index (χ1) is 8.14. The van der Waals surface area contributed by atoms with Crippen LogP contribution < -0.4 is 10.2 Å². The van der Waals surface area contributed by atoms with E-state index in [4.69, 9.17) is 0 Å². The fraction of sp³-hybridized carbons (Fsp3) is 0.538. The SMILES string of the molecule is CNCC1(O)CCN(c2ccccc2F)CC1. The number of hydrogen-bond acceptors (Lipinski definition) is 3. The lowest BCUT2D eigenvalue weighted by Crippen LogP contribution is -2.49. The second kappa shape index (κ2) is 5.02. The molecule has 1 aromatic carbocycles. The van der Waals surface area contributed by atoms with Crippen LogP contribution >= 0.6 is 0 Å². The summed E-state index contributed by atoms with van der Waals surface area (Å²) < 4.78 is 13.6. The largest absolute Gasteiger partial charge is 0.388 e. The number of nitrogens with zero attached hydrogens (tertiary/aromatic N) is 1. The first kappa shape index (κ1) is 12.3. The minimum Gasteiger partial charge on any atom is -0.388 e. The van der Waals surface area contributed by atoms with Gasteiger partial charge in [-0.2, -0.15) is 0 Å². The van der Waals surface area contributed by atoms with Crippen molar-refractivity contribution < 1.29 is 9.50 Å². The van der Waals surface area contributed by atoms with Gasteiger partial charge in [0.2, 0.25) is 0 Å². The zero-order chi connectivity index (χ0) is 12.3. The molecule has 2 rings (SSSR count). The third-order valence-corrected chi connectivity index (χ3v) is 3.39. The lowest BCUT2D eigenvalue weighted by molar-refractivity contribution is 0.0184. The molecule has 0 aliphatic carbocycles. The molecule has 0 amide bonds. The van der Waals surface area contributed by atoms with Gasteiger partial charge in [-0.15, -0.1) is 0 Å². The molecule has 0 aromatic heterocycles. The Balaban J connectivity index is 2.02. The molecule has 0 radical (unpaired) electrons. The van der Waals surface area contributed by atoms with Crippen molar-refractivity contribution in [2.24, 2.45) is 0 Å². The molecule has 0 unspecified atom stereocenters. The number of hydrogen-bond donors (Lipinski definition) is 2. The van der Waals surface area contributed by atoms with Crippen LogP contribution in [0.1, 0.15) is 12.8 Å². The first-order valence-corrected chi connectivity index (χ1v) is 6.01. The highest BCUT2D eigenvalue weighted by Gasteiger charge is 2.32. The molecule has 1 aliphatic rings. The molecule has 0 atom stereocenters. The van der Waals surface area contributed by atoms with Crippen LogP contribution in [0.4, 0.5) is 10.1 Å². The van der Waals surface area contributed by atoms with Crippen molar-refractivity contribution in [3.8, 4) is 0 Å². The molecular formula is C13H19FN2O. The van der Waals surface area contributed by atoms with E-state index >= 15 is 0 Å². The molecule has 2 N–H and O–H groups in total. The fourth-order valence-corrected chi connectivity index (χ4v) is 2.38. The van der Waals surface area contributed by atoms with Crippen LogP contribution in [-0.2, 0) is 0 Å². The van der Waals surface area contributed by atoms with Gasteiger partial charge in [-0.1, -0.05) is 12.1 Å². The summed E-state index contributed by atoms with van der Waals surface area (Å²) in [4.78, 5) is 2.00. The Hall–Kier alpha value is -1.13. The quantitative estimate of drug-likeness (QED) is 0.835. The highest BCUT2D eigenvalue weighted by atomic mass is 19.1. The standard InChI is InChI=1S/C13H19FN2O/c1-15-10-13(17)6-8-16(9-7-13)12-5-3-2-4-11(12)14/h2-5,15,17H,6-10H2,1H3. The van der Waals surface area contributed by atoms with Crippen LogP contribution in [0, 0.1) is 5.82 Å². The number of aliphatic hydroxyl groups is 1. The van der Waals surface area contributed by atoms with Crippen molar-refractivity contribution in [3.05, 3.63) is 30.1 Å². The Morgan fingerprint density at radius 3 is 2.59 bits per heavy atom. The van der Waals surface area contributed by atoms with Gasteiger partial charge in [0.05, 0.1) is 11.3 Å². The molecule has 0 spiro atoms. The van der Waals surface area contributed by atoms with Crippen LogP contribution in [0.5, 0.6) is 0 Å². The maximum Gasteiger partial charge on any atom is 0.146 e. The average molecular weight is 238 g/mol. The molecule has 3 nitrogen and oxygen atoms in total. The van der Waals surface area contributed by atoms with Crippen molar-refractivity contribution in [1.29, 1.82) is 0 Å². The highest BCUT2D eigenvalue weighted by Crippen LogP contribution is 2.27. The van der Waals surface area contributed by atoms with E-state index in [0.717, 1.165) is 0 Å². The Morgan fingerprint density at radius 1 is 1.35 bits per heavy atom. The van der Waals surface area contributed by atoms with Crippen molar-refractivity contribution in [2.75, 3.05) is 31.6 Å². The van der Waals surface area contributed by atoms with E-state index in [-0.39, 0.29) is 5.82 Å². The van der Waals surface area contributed by atoms with Gasteiger partial charge >= 0.3 is 0 Å². The van der Waals surface area contributed by atoms with E-state index < -0.39 is 5.60 Å². The predicted molar refractivity (Wildman–Crippen MR) is 66.7 cm³/mol. The minimum absolute atomic E-state index is 0.188. The summed E-state index contributed by atoms with van der Waals surface area (Å²) in [5.74, 6) is -0.188. The third-order valence-electron chi connectivity index (χ3n) is 3.39. The number of rotatable bonds is 3. The molecule has 1 aromatic rings. The van der Waals surface area contributed by atoms with Crippen molar-refractivity contribution in [3.63, 3.8) is 0 Å². The van der Waals surface area contributed by atoms with E-state index in [1.807, 2.05) is 18.0 Å². The summed E-state index contributed by atoms with van der Waals surface area (Å²) in [6.07, 6.45) is 1.34. The first-order valence-electron chi connectivity index (χ1n) is 6.01. The van der Waals surface area contributed by atoms with Gasteiger partial charge in [-0.05, 0) is 32.0 Å². The van der Waals surface area contributed by atoms with Gasteiger partial charge in [0, 0.05) is 19.6 Å². The Labute approximate surface area is 101 Å². The molecule has 1 saturated heterocycles. The van der Waals surface area contributed by atoms with E-state index in [9.17, 15) is 9.50 Å². The summed E-state index contributed by atoms with van der Waals surface area (Å²) in [7, 11) is 1.83. The van der Waals surface area contributed by atoms with Crippen LogP contribution in [0.25, 0.3) is 0 Å². The molecular weight excluding hydrogens is 219 g/mol. The Morgan fingerprint density at radius 2 is 2.00 bits per heavy atom. The fourth-order valence-electron chi connectivity index (χ4n) is 2.38. The van der Waals surface area contributed by atoms with Gasteiger partial charge in [0.25, 0.3) is 0 Å². The summed E-state index contributed by atoms with van der Waals surface area (Å²) >= 11 is 0. The zero-order valence-corrected chi connectivity index (χ0v) is 10.1. The summed E-state index contributed by atoms with van der Waals surface area (Å²) in [5.41, 5.74) is -0.00438. The van der Waals surface area contributed by atoms with Crippen LogP contribution in [-0.4, -0.2) is 37.4 Å². The zero-order valence-electron chi connectivity index (χ0n) is 10.1. The summed E-state index contributed by atoms with van der Waals surface area (Å²) in [5, 5.41) is 13.2. The normalized spacial score (nSPS) is 19.4. The lowest BCUT2D eigenvalue weighted by atomic mass is 9.91. The number of halogens is 1. The van der Waals surface area contributed by atoms with Gasteiger partial charge < -0.3 is 15.3 Å². The Kier molecular flexibility index (Phi) is 3.64. The van der Waals surface area contributed by atoms with Crippen LogP contribution in [0.2, 0.25) is 0 Å². The molecule has 1 fully saturated rings. The molecule has 94 valence electrons. The average Bonchev–Trinajstić information content (AvgIpc) is 2.31. The number of para-hydroxylation sites is 1. The van der Waals surface area contributed by atoms with E-state index in [2.05, 4.69) is 5.32 Å². The van der Waals surface area contributed by atoms with Gasteiger partial charge in [-0.3, -0.25) is 0 Å². The van der Waals surface area contributed by atoms with Crippen LogP contribution in [0.15, 0.2) is 24.3 Å². The number of piperidine rings is 1. The monoisotopic (exact) mass is 238 g/mol. The van der Waals surface area contributed by atoms with E-state index in [0.29, 0.717) is 38.2 Å². The molecule has 4 heteroatoms.